The largest absolute Gasteiger partial charge is 0.488 e. The molecule has 138 valence electrons. The molecule has 1 aromatic heterocycles. The van der Waals surface area contributed by atoms with E-state index in [1.165, 1.54) is 6.07 Å². The van der Waals surface area contributed by atoms with Crippen LogP contribution in [0.4, 0.5) is 0 Å². The van der Waals surface area contributed by atoms with Crippen LogP contribution in [-0.2, 0) is 10.1 Å². The summed E-state index contributed by atoms with van der Waals surface area (Å²) in [7, 11) is -4.00. The molecule has 0 saturated carbocycles. The van der Waals surface area contributed by atoms with Gasteiger partial charge in [-0.2, -0.15) is 8.42 Å². The van der Waals surface area contributed by atoms with Crippen LogP contribution in [-0.4, -0.2) is 32.6 Å². The molecule has 2 aromatic carbocycles. The van der Waals surface area contributed by atoms with Crippen molar-refractivity contribution in [2.24, 2.45) is 0 Å². The van der Waals surface area contributed by atoms with E-state index in [-0.39, 0.29) is 16.9 Å². The normalized spacial score (nSPS) is 21.3. The molecule has 0 radical (unpaired) electrons. The van der Waals surface area contributed by atoms with Crippen LogP contribution in [0.25, 0.3) is 10.9 Å². The molecule has 2 unspecified atom stereocenters. The molecule has 2 aliphatic heterocycles. The molecule has 0 bridgehead atoms. The Hall–Kier alpha value is -2.64. The van der Waals surface area contributed by atoms with Gasteiger partial charge >= 0.3 is 10.1 Å². The van der Waals surface area contributed by atoms with Gasteiger partial charge in [-0.05, 0) is 43.3 Å². The summed E-state index contributed by atoms with van der Waals surface area (Å²) in [4.78, 5) is 4.28. The number of benzene rings is 2. The number of para-hydroxylation sites is 1. The molecule has 0 aliphatic carbocycles. The zero-order valence-corrected chi connectivity index (χ0v) is 15.3. The van der Waals surface area contributed by atoms with Gasteiger partial charge in [-0.3, -0.25) is 4.98 Å². The fourth-order valence-electron chi connectivity index (χ4n) is 3.90. The molecule has 3 aromatic rings. The second-order valence-corrected chi connectivity index (χ2v) is 8.34. The van der Waals surface area contributed by atoms with Crippen molar-refractivity contribution >= 4 is 21.0 Å². The molecule has 2 atom stereocenters. The third-order valence-electron chi connectivity index (χ3n) is 5.16. The van der Waals surface area contributed by atoms with E-state index >= 15 is 0 Å². The van der Waals surface area contributed by atoms with Crippen molar-refractivity contribution in [3.05, 3.63) is 60.3 Å². The fraction of sp³-hybridized carbons (Fsp3) is 0.250. The third kappa shape index (κ3) is 2.83. The van der Waals surface area contributed by atoms with E-state index in [9.17, 15) is 8.42 Å². The predicted octanol–water partition coefficient (Wildman–Crippen LogP) is 2.84. The molecule has 6 nitrogen and oxygen atoms in total. The number of fused-ring (bicyclic) bond motifs is 4. The molecule has 27 heavy (non-hydrogen) atoms. The van der Waals surface area contributed by atoms with E-state index in [1.54, 1.807) is 36.5 Å². The highest BCUT2D eigenvalue weighted by Gasteiger charge is 2.36. The topological polar surface area (TPSA) is 77.5 Å². The first-order chi connectivity index (χ1) is 13.1. The third-order valence-corrected chi connectivity index (χ3v) is 6.44. The van der Waals surface area contributed by atoms with E-state index < -0.39 is 10.1 Å². The number of hydrogen-bond acceptors (Lipinski definition) is 6. The number of aromatic nitrogens is 1. The summed E-state index contributed by atoms with van der Waals surface area (Å²) in [6, 6.07) is 13.9. The number of rotatable bonds is 3. The van der Waals surface area contributed by atoms with Gasteiger partial charge in [-0.25, -0.2) is 0 Å². The molecule has 1 saturated heterocycles. The zero-order valence-electron chi connectivity index (χ0n) is 14.5. The summed E-state index contributed by atoms with van der Waals surface area (Å²) in [5.74, 6) is 1.38. The second kappa shape index (κ2) is 6.21. The average Bonchev–Trinajstić information content (AvgIpc) is 3.05. The second-order valence-electron chi connectivity index (χ2n) is 6.82. The lowest BCUT2D eigenvalue weighted by Gasteiger charge is -2.24. The van der Waals surface area contributed by atoms with Gasteiger partial charge in [-0.15, -0.1) is 0 Å². The van der Waals surface area contributed by atoms with Gasteiger partial charge in [0, 0.05) is 29.6 Å². The van der Waals surface area contributed by atoms with Crippen molar-refractivity contribution in [1.82, 2.24) is 10.3 Å². The Morgan fingerprint density at radius 3 is 2.96 bits per heavy atom. The molecule has 5 rings (SSSR count). The number of ether oxygens (including phenoxy) is 1. The zero-order chi connectivity index (χ0) is 18.4. The summed E-state index contributed by atoms with van der Waals surface area (Å²) in [6.45, 7) is 1.73. The fourth-order valence-corrected chi connectivity index (χ4v) is 5.00. The molecule has 3 heterocycles. The lowest BCUT2D eigenvalue weighted by molar-refractivity contribution is 0.177. The maximum Gasteiger partial charge on any atom is 0.341 e. The Morgan fingerprint density at radius 2 is 2.04 bits per heavy atom. The molecule has 1 N–H and O–H groups in total. The van der Waals surface area contributed by atoms with Crippen LogP contribution in [0, 0.1) is 0 Å². The van der Waals surface area contributed by atoms with Crippen LogP contribution in [0.2, 0.25) is 0 Å². The highest BCUT2D eigenvalue weighted by Crippen LogP contribution is 2.43. The summed E-state index contributed by atoms with van der Waals surface area (Å²) >= 11 is 0. The Balaban J connectivity index is 1.50. The van der Waals surface area contributed by atoms with Crippen molar-refractivity contribution in [3.63, 3.8) is 0 Å². The van der Waals surface area contributed by atoms with Gasteiger partial charge in [0.25, 0.3) is 0 Å². The minimum Gasteiger partial charge on any atom is -0.488 e. The van der Waals surface area contributed by atoms with Crippen LogP contribution < -0.4 is 14.2 Å². The quantitative estimate of drug-likeness (QED) is 0.702. The summed E-state index contributed by atoms with van der Waals surface area (Å²) < 4.78 is 37.2. The highest BCUT2D eigenvalue weighted by atomic mass is 32.2. The van der Waals surface area contributed by atoms with Crippen LogP contribution in [0.15, 0.2) is 59.6 Å². The van der Waals surface area contributed by atoms with Gasteiger partial charge in [0.1, 0.15) is 22.5 Å². The highest BCUT2D eigenvalue weighted by molar-refractivity contribution is 7.87. The van der Waals surface area contributed by atoms with Gasteiger partial charge in [-0.1, -0.05) is 18.2 Å². The molecular weight excluding hydrogens is 364 g/mol. The van der Waals surface area contributed by atoms with Crippen LogP contribution in [0.3, 0.4) is 0 Å². The monoisotopic (exact) mass is 382 g/mol. The summed E-state index contributed by atoms with van der Waals surface area (Å²) in [5, 5.41) is 4.08. The van der Waals surface area contributed by atoms with Crippen molar-refractivity contribution < 1.29 is 17.3 Å². The Morgan fingerprint density at radius 1 is 1.15 bits per heavy atom. The predicted molar refractivity (Wildman–Crippen MR) is 101 cm³/mol. The van der Waals surface area contributed by atoms with Crippen molar-refractivity contribution in [2.75, 3.05) is 13.1 Å². The average molecular weight is 382 g/mol. The van der Waals surface area contributed by atoms with Crippen LogP contribution >= 0.6 is 0 Å². The number of pyridine rings is 1. The smallest absolute Gasteiger partial charge is 0.341 e. The van der Waals surface area contributed by atoms with Crippen molar-refractivity contribution in [1.29, 1.82) is 0 Å². The van der Waals surface area contributed by atoms with Gasteiger partial charge in [0.2, 0.25) is 0 Å². The minimum absolute atomic E-state index is 0.0668. The van der Waals surface area contributed by atoms with E-state index in [0.717, 1.165) is 36.2 Å². The van der Waals surface area contributed by atoms with E-state index in [4.69, 9.17) is 8.92 Å². The number of nitrogens with one attached hydrogen (secondary N) is 1. The first kappa shape index (κ1) is 16.5. The Bertz CT molecular complexity index is 1120. The van der Waals surface area contributed by atoms with Gasteiger partial charge in [0.15, 0.2) is 0 Å². The van der Waals surface area contributed by atoms with E-state index in [0.29, 0.717) is 11.3 Å². The lowest BCUT2D eigenvalue weighted by atomic mass is 9.90. The molecule has 0 spiro atoms. The molecule has 0 amide bonds. The van der Waals surface area contributed by atoms with Crippen molar-refractivity contribution in [3.8, 4) is 11.5 Å². The maximum atomic E-state index is 12.9. The lowest BCUT2D eigenvalue weighted by Crippen LogP contribution is -2.39. The Kier molecular flexibility index (Phi) is 3.80. The first-order valence-electron chi connectivity index (χ1n) is 8.91. The first-order valence-corrected chi connectivity index (χ1v) is 10.3. The van der Waals surface area contributed by atoms with Gasteiger partial charge < -0.3 is 14.2 Å². The number of piperidine rings is 1. The summed E-state index contributed by atoms with van der Waals surface area (Å²) in [6.07, 6.45) is 2.63. The molecular formula is C20H18N2O4S. The van der Waals surface area contributed by atoms with Crippen LogP contribution in [0.5, 0.6) is 11.5 Å². The van der Waals surface area contributed by atoms with Gasteiger partial charge in [0.05, 0.1) is 5.52 Å². The minimum atomic E-state index is -4.00. The Labute approximate surface area is 157 Å². The van der Waals surface area contributed by atoms with E-state index in [1.807, 2.05) is 12.1 Å². The molecule has 7 heteroatoms. The van der Waals surface area contributed by atoms with Crippen LogP contribution in [0.1, 0.15) is 17.9 Å². The maximum absolute atomic E-state index is 12.9. The standard InChI is InChI=1S/C20H18N2O4S/c23-27(24,19-5-1-3-13-4-2-9-22-20(13)19)26-14-6-7-17-16(11-14)15-8-10-21-12-18(15)25-17/h1-7,9,11,15,18,21H,8,10,12H2. The number of hydrogen-bond donors (Lipinski definition) is 1. The van der Waals surface area contributed by atoms with E-state index in [2.05, 4.69) is 10.3 Å². The van der Waals surface area contributed by atoms with Crippen molar-refractivity contribution in [2.45, 2.75) is 23.3 Å². The summed E-state index contributed by atoms with van der Waals surface area (Å²) in [5.41, 5.74) is 1.42. The SMILES string of the molecule is O=S(=O)(Oc1ccc2c(c1)C1CCNCC1O2)c1cccc2cccnc12. The number of nitrogens with zero attached hydrogens (tertiary/aromatic N) is 1. The molecule has 2 aliphatic rings. The molecule has 1 fully saturated rings.